The predicted molar refractivity (Wildman–Crippen MR) is 236 cm³/mol. The van der Waals surface area contributed by atoms with Crippen LogP contribution in [0, 0.1) is 63.1 Å². The van der Waals surface area contributed by atoms with Crippen LogP contribution in [0.2, 0.25) is 0 Å². The second-order valence-electron chi connectivity index (χ2n) is 20.7. The largest absolute Gasteiger partial charge is 0.0771 e. The fourth-order valence-corrected chi connectivity index (χ4v) is 13.6. The lowest BCUT2D eigenvalue weighted by atomic mass is 9.24. The first-order chi connectivity index (χ1) is 25.7. The van der Waals surface area contributed by atoms with E-state index in [-0.39, 0.29) is 43.3 Å². The van der Waals surface area contributed by atoms with Crippen LogP contribution in [0.5, 0.6) is 0 Å². The molecule has 0 aromatic heterocycles. The van der Waals surface area contributed by atoms with E-state index in [2.05, 4.69) is 212 Å². The van der Waals surface area contributed by atoms with Gasteiger partial charge in [-0.1, -0.05) is 214 Å². The summed E-state index contributed by atoms with van der Waals surface area (Å²) in [4.78, 5) is 0. The Kier molecular flexibility index (Phi) is 8.16. The van der Waals surface area contributed by atoms with E-state index < -0.39 is 0 Å². The van der Waals surface area contributed by atoms with Gasteiger partial charge in [0.1, 0.15) is 0 Å². The lowest BCUT2D eigenvalue weighted by molar-refractivity contribution is -0.261. The van der Waals surface area contributed by atoms with Gasteiger partial charge >= 0.3 is 0 Å². The maximum atomic E-state index is 2.74. The zero-order valence-corrected chi connectivity index (χ0v) is 36.5. The summed E-state index contributed by atoms with van der Waals surface area (Å²) in [5.74, 6) is 0.363. The number of allylic oxidation sites excluding steroid dienone is 17. The Bertz CT molecular complexity index is 2210. The first kappa shape index (κ1) is 38.0. The minimum Gasteiger partial charge on any atom is -0.0771 e. The summed E-state index contributed by atoms with van der Waals surface area (Å²) >= 11 is 0. The van der Waals surface area contributed by atoms with Crippen LogP contribution in [0.25, 0.3) is 5.57 Å². The molecule has 286 valence electrons. The Balaban J connectivity index is 1.53. The lowest BCUT2D eigenvalue weighted by Crippen LogP contribution is -2.74. The van der Waals surface area contributed by atoms with Crippen molar-refractivity contribution in [1.29, 1.82) is 0 Å². The molecule has 8 unspecified atom stereocenters. The molecule has 0 spiro atoms. The molecule has 8 atom stereocenters. The van der Waals surface area contributed by atoms with Gasteiger partial charge in [0.15, 0.2) is 0 Å². The van der Waals surface area contributed by atoms with Crippen molar-refractivity contribution in [1.82, 2.24) is 0 Å². The van der Waals surface area contributed by atoms with E-state index in [0.29, 0.717) is 5.92 Å². The van der Waals surface area contributed by atoms with Crippen molar-refractivity contribution in [2.75, 3.05) is 0 Å². The third-order valence-electron chi connectivity index (χ3n) is 18.0. The maximum absolute atomic E-state index is 2.74. The number of hydrogen-bond donors (Lipinski definition) is 0. The molecule has 6 aliphatic carbocycles. The molecular weight excluding hydrogens is 661 g/mol. The van der Waals surface area contributed by atoms with Crippen LogP contribution in [-0.2, 0) is 0 Å². The molecular formula is C55H66. The summed E-state index contributed by atoms with van der Waals surface area (Å²) in [6.45, 7) is 35.0. The summed E-state index contributed by atoms with van der Waals surface area (Å²) in [5.41, 5.74) is 14.7. The Labute approximate surface area is 334 Å². The Hall–Kier alpha value is -3.90. The molecule has 2 saturated carbocycles. The summed E-state index contributed by atoms with van der Waals surface area (Å²) in [6, 6.07) is 18.6. The Morgan fingerprint density at radius 1 is 0.636 bits per heavy atom. The van der Waals surface area contributed by atoms with Crippen molar-refractivity contribution in [3.8, 4) is 0 Å². The second-order valence-corrected chi connectivity index (χ2v) is 20.7. The third-order valence-corrected chi connectivity index (χ3v) is 18.0. The summed E-state index contributed by atoms with van der Waals surface area (Å²) in [5, 5.41) is 0. The quantitative estimate of drug-likeness (QED) is 0.294. The highest BCUT2D eigenvalue weighted by molar-refractivity contribution is 5.90. The minimum absolute atomic E-state index is 0.0690. The van der Waals surface area contributed by atoms with Crippen molar-refractivity contribution >= 4 is 5.57 Å². The van der Waals surface area contributed by atoms with Crippen LogP contribution in [0.1, 0.15) is 118 Å². The number of aryl methyl sites for hydroxylation is 2. The number of rotatable bonds is 4. The van der Waals surface area contributed by atoms with Gasteiger partial charge in [-0.3, -0.25) is 0 Å². The van der Waals surface area contributed by atoms with E-state index in [9.17, 15) is 0 Å². The molecule has 0 heterocycles. The molecule has 0 aliphatic heterocycles. The van der Waals surface area contributed by atoms with Crippen LogP contribution in [0.4, 0.5) is 0 Å². The fourth-order valence-electron chi connectivity index (χ4n) is 13.6. The second kappa shape index (κ2) is 11.8. The van der Waals surface area contributed by atoms with E-state index in [1.807, 2.05) is 0 Å². The van der Waals surface area contributed by atoms with Crippen LogP contribution in [0.15, 0.2) is 149 Å². The average molecular weight is 727 g/mol. The van der Waals surface area contributed by atoms with E-state index in [1.54, 1.807) is 11.1 Å². The highest BCUT2D eigenvalue weighted by Gasteiger charge is 2.84. The first-order valence-corrected chi connectivity index (χ1v) is 21.2. The molecule has 6 aliphatic rings. The monoisotopic (exact) mass is 727 g/mol. The van der Waals surface area contributed by atoms with Gasteiger partial charge in [-0.15, -0.1) is 0 Å². The van der Waals surface area contributed by atoms with E-state index in [4.69, 9.17) is 0 Å². The maximum Gasteiger partial charge on any atom is 0.0170 e. The summed E-state index contributed by atoms with van der Waals surface area (Å²) < 4.78 is 0. The van der Waals surface area contributed by atoms with Gasteiger partial charge in [0.25, 0.3) is 0 Å². The van der Waals surface area contributed by atoms with E-state index in [0.717, 1.165) is 12.8 Å². The van der Waals surface area contributed by atoms with E-state index in [1.165, 1.54) is 50.1 Å². The summed E-state index contributed by atoms with van der Waals surface area (Å²) in [7, 11) is 0. The van der Waals surface area contributed by atoms with E-state index >= 15 is 0 Å². The standard InChI is InChI=1S/C55H66/c1-15-39-32-42(48(5,6)7)33-44(39)46-38(4)54(13)43(34-45(46)47(40-24-20-36(2)21-25-40)41-26-22-37(3)23-27-41)35-53(12)51(10)30-17-16-28-49(51,8)50(9)29-18-19-31-52(50,11)55(53,54)14/h16-34,39H,15,35H2,1-14H3. The zero-order valence-electron chi connectivity index (χ0n) is 36.5. The molecule has 0 bridgehead atoms. The molecule has 2 aromatic rings. The van der Waals surface area contributed by atoms with Crippen LogP contribution in [0.3, 0.4) is 0 Å². The molecule has 0 nitrogen and oxygen atoms in total. The molecule has 0 saturated heterocycles. The molecule has 0 heteroatoms. The summed E-state index contributed by atoms with van der Waals surface area (Å²) in [6.07, 6.45) is 29.9. The van der Waals surface area contributed by atoms with Crippen molar-refractivity contribution in [3.05, 3.63) is 171 Å². The van der Waals surface area contributed by atoms with Crippen LogP contribution < -0.4 is 0 Å². The highest BCUT2D eigenvalue weighted by Crippen LogP contribution is 2.90. The number of fused-ring (bicyclic) bond motifs is 8. The first-order valence-electron chi connectivity index (χ1n) is 21.2. The van der Waals surface area contributed by atoms with Gasteiger partial charge in [0.05, 0.1) is 0 Å². The molecule has 0 amide bonds. The topological polar surface area (TPSA) is 0 Å². The molecule has 0 N–H and O–H groups in total. The van der Waals surface area contributed by atoms with Gasteiger partial charge in [-0.25, -0.2) is 0 Å². The third kappa shape index (κ3) is 4.41. The molecule has 2 aromatic carbocycles. The fraction of sp³-hybridized carbons (Fsp3) is 0.455. The van der Waals surface area contributed by atoms with Gasteiger partial charge in [0, 0.05) is 33.0 Å². The Morgan fingerprint density at radius 3 is 1.60 bits per heavy atom. The SMILES string of the molecule is CCC1C=C(C(C)(C)C)C=C1C1=C(C)C2(C)C(=CC1=C(c1ccc(C)cc1)c1ccc(C)cc1)CC1(C)C3(C)C=CC=CC3(C)C3(C)C=CC=CC3(C)C21C. The molecule has 55 heavy (non-hydrogen) atoms. The van der Waals surface area contributed by atoms with Gasteiger partial charge in [-0.05, 0) is 88.9 Å². The zero-order chi connectivity index (χ0) is 39.8. The normalized spacial score (nSPS) is 38.6. The molecule has 8 rings (SSSR count). The van der Waals surface area contributed by atoms with Crippen molar-refractivity contribution in [3.63, 3.8) is 0 Å². The van der Waals surface area contributed by atoms with Gasteiger partial charge in [0.2, 0.25) is 0 Å². The highest BCUT2D eigenvalue weighted by atomic mass is 14.9. The number of hydrogen-bond acceptors (Lipinski definition) is 0. The predicted octanol–water partition coefficient (Wildman–Crippen LogP) is 15.0. The lowest BCUT2D eigenvalue weighted by Gasteiger charge is -2.79. The van der Waals surface area contributed by atoms with Crippen LogP contribution in [-0.4, -0.2) is 0 Å². The van der Waals surface area contributed by atoms with Gasteiger partial charge < -0.3 is 0 Å². The Morgan fingerprint density at radius 2 is 1.11 bits per heavy atom. The van der Waals surface area contributed by atoms with Crippen LogP contribution >= 0.6 is 0 Å². The van der Waals surface area contributed by atoms with Crippen molar-refractivity contribution in [2.24, 2.45) is 49.2 Å². The van der Waals surface area contributed by atoms with Gasteiger partial charge in [-0.2, -0.15) is 0 Å². The van der Waals surface area contributed by atoms with Crippen molar-refractivity contribution in [2.45, 2.75) is 110 Å². The minimum atomic E-state index is -0.208. The smallest absolute Gasteiger partial charge is 0.0170 e. The number of benzene rings is 2. The average Bonchev–Trinajstić information content (AvgIpc) is 3.66. The molecule has 0 radical (unpaired) electrons. The molecule has 2 fully saturated rings. The van der Waals surface area contributed by atoms with Crippen molar-refractivity contribution < 1.29 is 0 Å².